The molecular formula is C18H18ClN5O3S. The van der Waals surface area contributed by atoms with E-state index < -0.39 is 15.9 Å². The van der Waals surface area contributed by atoms with Gasteiger partial charge in [0.2, 0.25) is 10.0 Å². The average molecular weight is 420 g/mol. The highest BCUT2D eigenvalue weighted by atomic mass is 35.5. The summed E-state index contributed by atoms with van der Waals surface area (Å²) in [5, 5.41) is 10.6. The predicted octanol–water partition coefficient (Wildman–Crippen LogP) is 2.48. The summed E-state index contributed by atoms with van der Waals surface area (Å²) < 4.78 is 27.3. The number of aromatic nitrogens is 3. The summed E-state index contributed by atoms with van der Waals surface area (Å²) in [6, 6.07) is 13.7. The summed E-state index contributed by atoms with van der Waals surface area (Å²) in [5.41, 5.74) is 1.18. The fourth-order valence-electron chi connectivity index (χ4n) is 2.43. The molecule has 0 aliphatic heterocycles. The lowest BCUT2D eigenvalue weighted by Gasteiger charge is -2.13. The van der Waals surface area contributed by atoms with Crippen molar-refractivity contribution in [3.05, 3.63) is 70.9 Å². The Morgan fingerprint density at radius 3 is 2.57 bits per heavy atom. The molecule has 0 atom stereocenters. The van der Waals surface area contributed by atoms with Crippen molar-refractivity contribution in [3.8, 4) is 0 Å². The van der Waals surface area contributed by atoms with Gasteiger partial charge >= 0.3 is 0 Å². The lowest BCUT2D eigenvalue weighted by atomic mass is 10.2. The molecule has 0 unspecified atom stereocenters. The van der Waals surface area contributed by atoms with Gasteiger partial charge < -0.3 is 5.32 Å². The van der Waals surface area contributed by atoms with Gasteiger partial charge in [0, 0.05) is 19.7 Å². The van der Waals surface area contributed by atoms with E-state index in [1.807, 2.05) is 30.3 Å². The molecule has 146 valence electrons. The third kappa shape index (κ3) is 4.38. The molecule has 0 saturated carbocycles. The number of benzene rings is 2. The van der Waals surface area contributed by atoms with Crippen molar-refractivity contribution < 1.29 is 13.2 Å². The highest BCUT2D eigenvalue weighted by molar-refractivity contribution is 7.89. The summed E-state index contributed by atoms with van der Waals surface area (Å²) >= 11 is 6.01. The number of hydrogen-bond donors (Lipinski definition) is 1. The number of carbonyl (C=O) groups excluding carboxylic acids is 1. The highest BCUT2D eigenvalue weighted by Gasteiger charge is 2.22. The minimum atomic E-state index is -3.78. The van der Waals surface area contributed by atoms with E-state index in [-0.39, 0.29) is 21.3 Å². The van der Waals surface area contributed by atoms with E-state index in [9.17, 15) is 13.2 Å². The molecule has 0 radical (unpaired) electrons. The number of sulfonamides is 1. The number of nitrogens with zero attached hydrogens (tertiary/aromatic N) is 4. The van der Waals surface area contributed by atoms with Crippen LogP contribution in [-0.2, 0) is 16.6 Å². The van der Waals surface area contributed by atoms with Crippen molar-refractivity contribution in [1.82, 2.24) is 19.3 Å². The molecule has 1 N–H and O–H groups in total. The van der Waals surface area contributed by atoms with Crippen LogP contribution in [0.2, 0.25) is 5.02 Å². The van der Waals surface area contributed by atoms with Crippen LogP contribution in [-0.4, -0.2) is 47.7 Å². The Morgan fingerprint density at radius 2 is 1.89 bits per heavy atom. The van der Waals surface area contributed by atoms with Crippen molar-refractivity contribution in [3.63, 3.8) is 0 Å². The molecule has 1 heterocycles. The number of hydrogen-bond acceptors (Lipinski definition) is 5. The van der Waals surface area contributed by atoms with Gasteiger partial charge in [-0.1, -0.05) is 47.1 Å². The first-order valence-electron chi connectivity index (χ1n) is 8.25. The topological polar surface area (TPSA) is 97.2 Å². The minimum Gasteiger partial charge on any atom is -0.304 e. The molecule has 0 fully saturated rings. The van der Waals surface area contributed by atoms with Gasteiger partial charge in [0.05, 0.1) is 17.8 Å². The third-order valence-corrected chi connectivity index (χ3v) is 6.22. The van der Waals surface area contributed by atoms with Crippen LogP contribution in [0.25, 0.3) is 0 Å². The molecule has 0 aliphatic carbocycles. The lowest BCUT2D eigenvalue weighted by Crippen LogP contribution is -2.23. The number of nitrogens with one attached hydrogen (secondary N) is 1. The molecule has 3 rings (SSSR count). The fourth-order valence-corrected chi connectivity index (χ4v) is 3.82. The number of anilines is 1. The van der Waals surface area contributed by atoms with Crippen molar-refractivity contribution in [2.45, 2.75) is 11.4 Å². The lowest BCUT2D eigenvalue weighted by molar-refractivity contribution is 0.102. The van der Waals surface area contributed by atoms with Gasteiger partial charge in [-0.05, 0) is 23.8 Å². The van der Waals surface area contributed by atoms with Crippen LogP contribution in [0.15, 0.2) is 59.6 Å². The molecule has 0 aliphatic rings. The largest absolute Gasteiger partial charge is 0.304 e. The summed E-state index contributed by atoms with van der Waals surface area (Å²) in [5.74, 6) is -0.258. The van der Waals surface area contributed by atoms with Gasteiger partial charge in [-0.25, -0.2) is 17.4 Å². The van der Waals surface area contributed by atoms with Gasteiger partial charge in [-0.2, -0.15) is 0 Å². The van der Waals surface area contributed by atoms with E-state index in [2.05, 4.69) is 15.6 Å². The SMILES string of the molecule is CN(C)S(=O)(=O)c1cc(C(=O)Nc2cn(Cc3ccccc3)nn2)ccc1Cl. The van der Waals surface area contributed by atoms with Crippen LogP contribution >= 0.6 is 11.6 Å². The molecule has 28 heavy (non-hydrogen) atoms. The smallest absolute Gasteiger partial charge is 0.256 e. The predicted molar refractivity (Wildman–Crippen MR) is 106 cm³/mol. The minimum absolute atomic E-state index is 0.0408. The zero-order valence-corrected chi connectivity index (χ0v) is 16.8. The van der Waals surface area contributed by atoms with Gasteiger partial charge in [0.25, 0.3) is 5.91 Å². The van der Waals surface area contributed by atoms with E-state index >= 15 is 0 Å². The first kappa shape index (κ1) is 20.0. The molecule has 8 nitrogen and oxygen atoms in total. The Hall–Kier alpha value is -2.75. The molecule has 0 spiro atoms. The Kier molecular flexibility index (Phi) is 5.78. The molecule has 1 aromatic heterocycles. The van der Waals surface area contributed by atoms with Crippen molar-refractivity contribution in [2.75, 3.05) is 19.4 Å². The Morgan fingerprint density at radius 1 is 1.18 bits per heavy atom. The standard InChI is InChI=1S/C18H18ClN5O3S/c1-23(2)28(26,27)16-10-14(8-9-15(16)19)18(25)20-17-12-24(22-21-17)11-13-6-4-3-5-7-13/h3-10,12H,11H2,1-2H3,(H,20,25). The van der Waals surface area contributed by atoms with Crippen molar-refractivity contribution in [1.29, 1.82) is 0 Å². The monoisotopic (exact) mass is 419 g/mol. The first-order chi connectivity index (χ1) is 13.3. The van der Waals surface area contributed by atoms with Crippen LogP contribution in [0.5, 0.6) is 0 Å². The molecule has 1 amide bonds. The van der Waals surface area contributed by atoms with Crippen LogP contribution in [0.1, 0.15) is 15.9 Å². The zero-order valence-electron chi connectivity index (χ0n) is 15.2. The second-order valence-corrected chi connectivity index (χ2v) is 8.70. The number of amides is 1. The maximum Gasteiger partial charge on any atom is 0.256 e. The van der Waals surface area contributed by atoms with E-state index in [1.165, 1.54) is 32.3 Å². The second kappa shape index (κ2) is 8.09. The fraction of sp³-hybridized carbons (Fsp3) is 0.167. The van der Waals surface area contributed by atoms with E-state index in [0.717, 1.165) is 9.87 Å². The van der Waals surface area contributed by atoms with Crippen molar-refractivity contribution >= 4 is 33.3 Å². The number of halogens is 1. The summed E-state index contributed by atoms with van der Waals surface area (Å²) in [4.78, 5) is 12.4. The summed E-state index contributed by atoms with van der Waals surface area (Å²) in [6.07, 6.45) is 1.60. The first-order valence-corrected chi connectivity index (χ1v) is 10.1. The van der Waals surface area contributed by atoms with Gasteiger partial charge in [-0.15, -0.1) is 5.10 Å². The normalized spacial score (nSPS) is 11.6. The van der Waals surface area contributed by atoms with Crippen LogP contribution in [0.3, 0.4) is 0 Å². The Bertz CT molecular complexity index is 1100. The molecule has 3 aromatic rings. The molecule has 10 heteroatoms. The Labute approximate surface area is 167 Å². The van der Waals surface area contributed by atoms with Crippen LogP contribution in [0, 0.1) is 0 Å². The molecule has 0 bridgehead atoms. The van der Waals surface area contributed by atoms with Crippen LogP contribution in [0.4, 0.5) is 5.82 Å². The third-order valence-electron chi connectivity index (χ3n) is 3.92. The number of carbonyl (C=O) groups is 1. The Balaban J connectivity index is 1.77. The summed E-state index contributed by atoms with van der Waals surface area (Å²) in [7, 11) is -0.993. The maximum absolute atomic E-state index is 12.5. The van der Waals surface area contributed by atoms with E-state index in [1.54, 1.807) is 10.9 Å². The maximum atomic E-state index is 12.5. The van der Waals surface area contributed by atoms with Crippen LogP contribution < -0.4 is 5.32 Å². The van der Waals surface area contributed by atoms with Gasteiger partial charge in [0.1, 0.15) is 4.90 Å². The quantitative estimate of drug-likeness (QED) is 0.662. The van der Waals surface area contributed by atoms with E-state index in [0.29, 0.717) is 6.54 Å². The summed E-state index contributed by atoms with van der Waals surface area (Å²) in [6.45, 7) is 0.510. The molecule has 2 aromatic carbocycles. The highest BCUT2D eigenvalue weighted by Crippen LogP contribution is 2.25. The molecular weight excluding hydrogens is 402 g/mol. The average Bonchev–Trinajstić information content (AvgIpc) is 3.09. The van der Waals surface area contributed by atoms with E-state index in [4.69, 9.17) is 11.6 Å². The second-order valence-electron chi connectivity index (χ2n) is 6.17. The van der Waals surface area contributed by atoms with Gasteiger partial charge in [-0.3, -0.25) is 4.79 Å². The number of rotatable bonds is 6. The van der Waals surface area contributed by atoms with Crippen molar-refractivity contribution in [2.24, 2.45) is 0 Å². The molecule has 0 saturated heterocycles. The van der Waals surface area contributed by atoms with Gasteiger partial charge in [0.15, 0.2) is 5.82 Å². The zero-order chi connectivity index (χ0) is 20.3.